The number of hydrogen-bond acceptors (Lipinski definition) is 4. The van der Waals surface area contributed by atoms with Gasteiger partial charge in [0.15, 0.2) is 0 Å². The van der Waals surface area contributed by atoms with Crippen molar-refractivity contribution in [3.05, 3.63) is 59.7 Å². The maximum atomic E-state index is 12.5. The summed E-state index contributed by atoms with van der Waals surface area (Å²) in [6, 6.07) is 15.6. The van der Waals surface area contributed by atoms with Crippen molar-refractivity contribution >= 4 is 11.6 Å². The highest BCUT2D eigenvalue weighted by Crippen LogP contribution is 2.53. The minimum atomic E-state index is -0.105. The normalized spacial score (nSPS) is 21.8. The van der Waals surface area contributed by atoms with Gasteiger partial charge in [-0.2, -0.15) is 5.10 Å². The molecule has 1 fully saturated rings. The van der Waals surface area contributed by atoms with Crippen LogP contribution in [0.25, 0.3) is 0 Å². The Balaban J connectivity index is 1.70. The Bertz CT molecular complexity index is 832. The summed E-state index contributed by atoms with van der Waals surface area (Å²) in [5, 5.41) is 4.28. The molecule has 0 aromatic heterocycles. The zero-order valence-corrected chi connectivity index (χ0v) is 15.6. The maximum Gasteiger partial charge on any atom is 0.244 e. The number of amides is 1. The van der Waals surface area contributed by atoms with E-state index in [-0.39, 0.29) is 17.2 Å². The molecule has 1 saturated carbocycles. The van der Waals surface area contributed by atoms with E-state index in [0.29, 0.717) is 17.2 Å². The molecule has 5 heteroatoms. The molecule has 2 aromatic rings. The number of nitrogens with one attached hydrogen (secondary N) is 1. The molecule has 0 aliphatic heterocycles. The van der Waals surface area contributed by atoms with Gasteiger partial charge in [-0.3, -0.25) is 4.79 Å². The van der Waals surface area contributed by atoms with Crippen molar-refractivity contribution in [3.63, 3.8) is 0 Å². The number of nitrogens with zero attached hydrogens (tertiary/aromatic N) is 1. The lowest BCUT2D eigenvalue weighted by Crippen LogP contribution is -2.24. The van der Waals surface area contributed by atoms with Crippen molar-refractivity contribution in [2.45, 2.75) is 25.7 Å². The molecule has 0 radical (unpaired) electrons. The van der Waals surface area contributed by atoms with Crippen LogP contribution in [0.1, 0.15) is 31.4 Å². The Morgan fingerprint density at radius 1 is 1.15 bits per heavy atom. The van der Waals surface area contributed by atoms with Gasteiger partial charge < -0.3 is 9.47 Å². The van der Waals surface area contributed by atoms with Gasteiger partial charge in [0, 0.05) is 17.0 Å². The van der Waals surface area contributed by atoms with Gasteiger partial charge in [0.05, 0.1) is 25.8 Å². The predicted octanol–water partition coefficient (Wildman–Crippen LogP) is 3.52. The van der Waals surface area contributed by atoms with Crippen LogP contribution in [0.4, 0.5) is 0 Å². The molecule has 1 aliphatic rings. The lowest BCUT2D eigenvalue weighted by molar-refractivity contribution is -0.122. The second-order valence-corrected chi connectivity index (χ2v) is 6.78. The lowest BCUT2D eigenvalue weighted by Gasteiger charge is -2.12. The van der Waals surface area contributed by atoms with Gasteiger partial charge >= 0.3 is 0 Å². The number of carbonyl (C=O) groups is 1. The summed E-state index contributed by atoms with van der Waals surface area (Å²) in [5.41, 5.74) is 5.29. The summed E-state index contributed by atoms with van der Waals surface area (Å²) in [4.78, 5) is 12.5. The van der Waals surface area contributed by atoms with E-state index in [1.54, 1.807) is 20.3 Å². The van der Waals surface area contributed by atoms with E-state index < -0.39 is 0 Å². The predicted molar refractivity (Wildman–Crippen MR) is 102 cm³/mol. The first-order valence-electron chi connectivity index (χ1n) is 8.61. The van der Waals surface area contributed by atoms with Gasteiger partial charge in [0.25, 0.3) is 0 Å². The smallest absolute Gasteiger partial charge is 0.244 e. The molecule has 26 heavy (non-hydrogen) atoms. The summed E-state index contributed by atoms with van der Waals surface area (Å²) in [6.45, 7) is 3.96. The molecule has 136 valence electrons. The summed E-state index contributed by atoms with van der Waals surface area (Å²) >= 11 is 0. The number of rotatable bonds is 6. The van der Waals surface area contributed by atoms with Gasteiger partial charge in [-0.1, -0.05) is 37.3 Å². The van der Waals surface area contributed by atoms with Crippen molar-refractivity contribution in [3.8, 4) is 11.5 Å². The first kappa shape index (κ1) is 18.0. The van der Waals surface area contributed by atoms with Crippen LogP contribution in [0.3, 0.4) is 0 Å². The number of ether oxygens (including phenoxy) is 2. The van der Waals surface area contributed by atoms with Crippen molar-refractivity contribution < 1.29 is 14.3 Å². The van der Waals surface area contributed by atoms with Crippen molar-refractivity contribution in [1.82, 2.24) is 5.43 Å². The van der Waals surface area contributed by atoms with Crippen LogP contribution in [0.2, 0.25) is 0 Å². The Hall–Kier alpha value is -2.82. The molecule has 1 amide bonds. The maximum absolute atomic E-state index is 12.5. The van der Waals surface area contributed by atoms with E-state index >= 15 is 0 Å². The van der Waals surface area contributed by atoms with Crippen LogP contribution in [-0.2, 0) is 10.2 Å². The number of hydrazone groups is 1. The Kier molecular flexibility index (Phi) is 4.98. The summed E-state index contributed by atoms with van der Waals surface area (Å²) in [6.07, 6.45) is 0.837. The Morgan fingerprint density at radius 3 is 2.54 bits per heavy atom. The van der Waals surface area contributed by atoms with Crippen LogP contribution in [0.5, 0.6) is 11.5 Å². The van der Waals surface area contributed by atoms with Crippen LogP contribution in [0.15, 0.2) is 53.6 Å². The van der Waals surface area contributed by atoms with E-state index in [2.05, 4.69) is 29.6 Å². The topological polar surface area (TPSA) is 59.9 Å². The number of benzene rings is 2. The van der Waals surface area contributed by atoms with E-state index in [1.165, 1.54) is 5.56 Å². The van der Waals surface area contributed by atoms with E-state index in [9.17, 15) is 4.79 Å². The van der Waals surface area contributed by atoms with Gasteiger partial charge in [0.2, 0.25) is 5.91 Å². The molecule has 0 unspecified atom stereocenters. The third kappa shape index (κ3) is 3.43. The monoisotopic (exact) mass is 352 g/mol. The fourth-order valence-corrected chi connectivity index (χ4v) is 3.26. The summed E-state index contributed by atoms with van der Waals surface area (Å²) < 4.78 is 10.6. The van der Waals surface area contributed by atoms with Crippen LogP contribution >= 0.6 is 0 Å². The molecule has 1 aliphatic carbocycles. The van der Waals surface area contributed by atoms with Crippen molar-refractivity contribution in [1.29, 1.82) is 0 Å². The molecule has 0 bridgehead atoms. The third-order valence-electron chi connectivity index (χ3n) is 5.12. The number of hydrogen-bond donors (Lipinski definition) is 1. The average Bonchev–Trinajstić information content (AvgIpc) is 3.39. The molecule has 2 aromatic carbocycles. The fourth-order valence-electron chi connectivity index (χ4n) is 3.26. The molecule has 0 spiro atoms. The highest BCUT2D eigenvalue weighted by molar-refractivity contribution is 6.02. The number of carbonyl (C=O) groups excluding carboxylic acids is 1. The standard InChI is InChI=1S/C21H24N2O3/c1-14(17-11-10-16(25-3)12-19(17)26-4)22-23-20(24)18-13-21(18,2)15-8-6-5-7-9-15/h5-12,18H,13H2,1-4H3,(H,23,24)/t18-,21-/m1/s1. The highest BCUT2D eigenvalue weighted by atomic mass is 16.5. The Labute approximate surface area is 154 Å². The van der Waals surface area contributed by atoms with Crippen LogP contribution in [-0.4, -0.2) is 25.8 Å². The van der Waals surface area contributed by atoms with Crippen molar-refractivity contribution in [2.75, 3.05) is 14.2 Å². The van der Waals surface area contributed by atoms with E-state index in [4.69, 9.17) is 9.47 Å². The highest BCUT2D eigenvalue weighted by Gasteiger charge is 2.55. The quantitative estimate of drug-likeness (QED) is 0.639. The molecule has 5 nitrogen and oxygen atoms in total. The second-order valence-electron chi connectivity index (χ2n) is 6.78. The molecule has 0 heterocycles. The fraction of sp³-hybridized carbons (Fsp3) is 0.333. The van der Waals surface area contributed by atoms with E-state index in [1.807, 2.05) is 37.3 Å². The SMILES string of the molecule is COc1ccc(C(C)=NNC(=O)[C@H]2C[C@]2(C)c2ccccc2)c(OC)c1. The molecule has 2 atom stereocenters. The van der Waals surface area contributed by atoms with Gasteiger partial charge in [-0.15, -0.1) is 0 Å². The van der Waals surface area contributed by atoms with Gasteiger partial charge in [-0.05, 0) is 31.0 Å². The molecule has 1 N–H and O–H groups in total. The summed E-state index contributed by atoms with van der Waals surface area (Å²) in [7, 11) is 3.20. The molecular formula is C21H24N2O3. The number of methoxy groups -OCH3 is 2. The third-order valence-corrected chi connectivity index (χ3v) is 5.12. The van der Waals surface area contributed by atoms with Crippen molar-refractivity contribution in [2.24, 2.45) is 11.0 Å². The zero-order chi connectivity index (χ0) is 18.7. The molecule has 3 rings (SSSR count). The van der Waals surface area contributed by atoms with Gasteiger partial charge in [0.1, 0.15) is 11.5 Å². The molecule has 0 saturated heterocycles. The van der Waals surface area contributed by atoms with Crippen LogP contribution < -0.4 is 14.9 Å². The first-order valence-corrected chi connectivity index (χ1v) is 8.61. The Morgan fingerprint density at radius 2 is 1.88 bits per heavy atom. The van der Waals surface area contributed by atoms with Crippen LogP contribution in [0, 0.1) is 5.92 Å². The lowest BCUT2D eigenvalue weighted by atomic mass is 9.95. The minimum absolute atomic E-state index is 0.0526. The summed E-state index contributed by atoms with van der Waals surface area (Å²) in [5.74, 6) is 1.25. The largest absolute Gasteiger partial charge is 0.497 e. The zero-order valence-electron chi connectivity index (χ0n) is 15.6. The second kappa shape index (κ2) is 7.20. The average molecular weight is 352 g/mol. The van der Waals surface area contributed by atoms with Gasteiger partial charge in [-0.25, -0.2) is 5.43 Å². The van der Waals surface area contributed by atoms with E-state index in [0.717, 1.165) is 12.0 Å². The first-order chi connectivity index (χ1) is 12.5. The minimum Gasteiger partial charge on any atom is -0.497 e. The molecular weight excluding hydrogens is 328 g/mol.